The first-order valence-corrected chi connectivity index (χ1v) is 11.8. The fourth-order valence-electron chi connectivity index (χ4n) is 3.12. The predicted molar refractivity (Wildman–Crippen MR) is 136 cm³/mol. The number of ether oxygens (including phenoxy) is 4. The molecular formula is C26H38O14. The van der Waals surface area contributed by atoms with E-state index in [-0.39, 0.29) is 5.57 Å². The molecule has 0 amide bonds. The first-order chi connectivity index (χ1) is 18.6. The van der Waals surface area contributed by atoms with Crippen LogP contribution < -0.4 is 0 Å². The van der Waals surface area contributed by atoms with Crippen LogP contribution in [-0.4, -0.2) is 99.9 Å². The van der Waals surface area contributed by atoms with Crippen molar-refractivity contribution < 1.29 is 68.8 Å². The zero-order valence-corrected chi connectivity index (χ0v) is 22.8. The third-order valence-electron chi connectivity index (χ3n) is 6.51. The number of hydrogen-bond donors (Lipinski definition) is 6. The van der Waals surface area contributed by atoms with Crippen LogP contribution in [0.4, 0.5) is 0 Å². The molecule has 0 spiro atoms. The van der Waals surface area contributed by atoms with E-state index < -0.39 is 104 Å². The number of esters is 4. The summed E-state index contributed by atoms with van der Waals surface area (Å²) in [5.74, 6) is -9.75. The van der Waals surface area contributed by atoms with Crippen molar-refractivity contribution >= 4 is 23.9 Å². The molecule has 0 fully saturated rings. The average Bonchev–Trinajstić information content (AvgIpc) is 2.93. The van der Waals surface area contributed by atoms with Gasteiger partial charge in [-0.1, -0.05) is 26.7 Å². The van der Waals surface area contributed by atoms with Gasteiger partial charge in [-0.15, -0.1) is 0 Å². The molecule has 0 radical (unpaired) electrons. The highest BCUT2D eigenvalue weighted by molar-refractivity contribution is 5.92. The zero-order valence-electron chi connectivity index (χ0n) is 22.8. The largest absolute Gasteiger partial charge is 0.419 e. The van der Waals surface area contributed by atoms with E-state index in [4.69, 9.17) is 18.9 Å². The Kier molecular flexibility index (Phi) is 14.6. The van der Waals surface area contributed by atoms with Gasteiger partial charge in [0.2, 0.25) is 0 Å². The first-order valence-electron chi connectivity index (χ1n) is 11.8. The fourth-order valence-corrected chi connectivity index (χ4v) is 3.12. The predicted octanol–water partition coefficient (Wildman–Crippen LogP) is -1.01. The molecule has 226 valence electrons. The Morgan fingerprint density at radius 3 is 1.50 bits per heavy atom. The van der Waals surface area contributed by atoms with E-state index in [0.717, 1.165) is 6.92 Å². The summed E-state index contributed by atoms with van der Waals surface area (Å²) in [7, 11) is 0. The van der Waals surface area contributed by atoms with E-state index in [2.05, 4.69) is 19.7 Å². The lowest BCUT2D eigenvalue weighted by Gasteiger charge is -2.43. The molecule has 0 saturated carbocycles. The minimum absolute atomic E-state index is 0.187. The van der Waals surface area contributed by atoms with Crippen molar-refractivity contribution in [2.24, 2.45) is 16.7 Å². The summed E-state index contributed by atoms with van der Waals surface area (Å²) < 4.78 is 20.5. The molecule has 0 aromatic carbocycles. The fraction of sp³-hybridized carbons (Fsp3) is 0.538. The Hall–Kier alpha value is -3.40. The van der Waals surface area contributed by atoms with Gasteiger partial charge in [0, 0.05) is 30.1 Å². The highest BCUT2D eigenvalue weighted by atomic mass is 16.7. The Morgan fingerprint density at radius 2 is 1.18 bits per heavy atom. The Labute approximate surface area is 231 Å². The van der Waals surface area contributed by atoms with Crippen molar-refractivity contribution in [3.63, 3.8) is 0 Å². The van der Waals surface area contributed by atoms with Gasteiger partial charge in [-0.3, -0.25) is 0 Å². The van der Waals surface area contributed by atoms with E-state index in [1.54, 1.807) is 0 Å². The molecule has 14 heteroatoms. The molecule has 0 rings (SSSR count). The van der Waals surface area contributed by atoms with E-state index in [1.807, 2.05) is 0 Å². The summed E-state index contributed by atoms with van der Waals surface area (Å²) in [5, 5.41) is 59.5. The van der Waals surface area contributed by atoms with E-state index in [1.165, 1.54) is 13.8 Å². The van der Waals surface area contributed by atoms with Crippen LogP contribution in [0.1, 0.15) is 27.2 Å². The van der Waals surface area contributed by atoms with Crippen molar-refractivity contribution in [2.75, 3.05) is 39.6 Å². The second-order valence-corrected chi connectivity index (χ2v) is 9.22. The zero-order chi connectivity index (χ0) is 31.3. The highest BCUT2D eigenvalue weighted by Crippen LogP contribution is 2.39. The second kappa shape index (κ2) is 16.0. The lowest BCUT2D eigenvalue weighted by molar-refractivity contribution is -0.281. The van der Waals surface area contributed by atoms with Crippen LogP contribution in [0.5, 0.6) is 0 Å². The minimum Gasteiger partial charge on any atom is -0.419 e. The average molecular weight is 575 g/mol. The lowest BCUT2D eigenvalue weighted by atomic mass is 9.75. The van der Waals surface area contributed by atoms with Crippen LogP contribution in [0.3, 0.4) is 0 Å². The molecule has 14 nitrogen and oxygen atoms in total. The molecule has 40 heavy (non-hydrogen) atoms. The Morgan fingerprint density at radius 1 is 0.775 bits per heavy atom. The maximum atomic E-state index is 13.7. The van der Waals surface area contributed by atoms with Gasteiger partial charge in [-0.25, -0.2) is 19.2 Å². The quantitative estimate of drug-likeness (QED) is 0.0499. The molecular weight excluding hydrogens is 536 g/mol. The molecule has 0 aliphatic rings. The smallest absolute Gasteiger partial charge is 0.344 e. The molecule has 0 aromatic rings. The molecule has 0 heterocycles. The summed E-state index contributed by atoms with van der Waals surface area (Å²) in [6.45, 7) is 7.87. The van der Waals surface area contributed by atoms with Crippen molar-refractivity contribution in [3.05, 3.63) is 49.0 Å². The standard InChI is InChI=1S/C26H38O14/c1-7-19(33)37-23(38-20(34)8-2)18(9-17(5)25(10-27,11-28)12-29)22(36)40-24(6,39-21(35)16(3)4)26(13-30,14-31)15-32/h7-8,17,27-32H,1-3,9-15H2,4-6H3. The number of carbonyl (C=O) groups is 4. The monoisotopic (exact) mass is 574 g/mol. The summed E-state index contributed by atoms with van der Waals surface area (Å²) >= 11 is 0. The van der Waals surface area contributed by atoms with Crippen molar-refractivity contribution in [1.82, 2.24) is 0 Å². The van der Waals surface area contributed by atoms with Crippen LogP contribution >= 0.6 is 0 Å². The summed E-state index contributed by atoms with van der Waals surface area (Å²) in [6.07, 6.45) is 0.723. The van der Waals surface area contributed by atoms with E-state index in [0.29, 0.717) is 12.2 Å². The van der Waals surface area contributed by atoms with Crippen molar-refractivity contribution in [1.29, 1.82) is 0 Å². The maximum absolute atomic E-state index is 13.7. The molecule has 6 N–H and O–H groups in total. The van der Waals surface area contributed by atoms with Gasteiger partial charge in [0.15, 0.2) is 0 Å². The number of carbonyl (C=O) groups excluding carboxylic acids is 4. The van der Waals surface area contributed by atoms with Crippen molar-refractivity contribution in [2.45, 2.75) is 33.0 Å². The van der Waals surface area contributed by atoms with Gasteiger partial charge >= 0.3 is 29.8 Å². The van der Waals surface area contributed by atoms with Crippen LogP contribution in [0.2, 0.25) is 0 Å². The lowest BCUT2D eigenvalue weighted by Crippen LogP contribution is -2.58. The van der Waals surface area contributed by atoms with Gasteiger partial charge < -0.3 is 49.6 Å². The summed E-state index contributed by atoms with van der Waals surface area (Å²) in [6, 6.07) is 0. The molecule has 2 unspecified atom stereocenters. The van der Waals surface area contributed by atoms with Gasteiger partial charge in [-0.2, -0.15) is 0 Å². The second-order valence-electron chi connectivity index (χ2n) is 9.22. The number of aliphatic hydroxyl groups excluding tert-OH is 6. The number of rotatable bonds is 18. The van der Waals surface area contributed by atoms with Gasteiger partial charge in [0.1, 0.15) is 11.0 Å². The van der Waals surface area contributed by atoms with E-state index >= 15 is 0 Å². The minimum atomic E-state index is -2.62. The van der Waals surface area contributed by atoms with Crippen molar-refractivity contribution in [3.8, 4) is 0 Å². The highest BCUT2D eigenvalue weighted by Gasteiger charge is 2.55. The molecule has 0 aromatic heterocycles. The SMILES string of the molecule is C=CC(=O)OC(OC(=O)C=C)=C(CC(C)C(CO)(CO)CO)C(=O)OC(C)(OC(=O)C(=C)C)C(CO)(CO)CO. The van der Waals surface area contributed by atoms with Gasteiger partial charge in [0.25, 0.3) is 5.79 Å². The molecule has 2 atom stereocenters. The third kappa shape index (κ3) is 8.55. The van der Waals surface area contributed by atoms with E-state index in [9.17, 15) is 49.8 Å². The molecule has 0 aliphatic carbocycles. The third-order valence-corrected chi connectivity index (χ3v) is 6.51. The van der Waals surface area contributed by atoms with Crippen LogP contribution in [-0.2, 0) is 38.1 Å². The Balaban J connectivity index is 7.27. The summed E-state index contributed by atoms with van der Waals surface area (Å²) in [5.41, 5.74) is -4.75. The normalized spacial score (nSPS) is 13.6. The molecule has 0 bridgehead atoms. The first kappa shape index (κ1) is 36.6. The number of aliphatic hydroxyl groups is 6. The topological polar surface area (TPSA) is 227 Å². The summed E-state index contributed by atoms with van der Waals surface area (Å²) in [4.78, 5) is 50.1. The maximum Gasteiger partial charge on any atom is 0.344 e. The molecule has 0 saturated heterocycles. The van der Waals surface area contributed by atoms with Gasteiger partial charge in [-0.05, 0) is 19.3 Å². The van der Waals surface area contributed by atoms with Crippen LogP contribution in [0.25, 0.3) is 0 Å². The van der Waals surface area contributed by atoms with Gasteiger partial charge in [0.05, 0.1) is 39.6 Å². The Bertz CT molecular complexity index is 949. The van der Waals surface area contributed by atoms with Crippen LogP contribution in [0, 0.1) is 16.7 Å². The van der Waals surface area contributed by atoms with Crippen LogP contribution in [0.15, 0.2) is 49.0 Å². The molecule has 0 aliphatic heterocycles. The number of hydrogen-bond acceptors (Lipinski definition) is 14.